The minimum absolute atomic E-state index is 0.0951. The lowest BCUT2D eigenvalue weighted by molar-refractivity contribution is -0.137. The lowest BCUT2D eigenvalue weighted by Gasteiger charge is -2.27. The first-order valence-electron chi connectivity index (χ1n) is 6.27. The number of nitrogens with zero attached hydrogens (tertiary/aromatic N) is 2. The number of methoxy groups -OCH3 is 1. The number of hydrogen-bond donors (Lipinski definition) is 2. The summed E-state index contributed by atoms with van der Waals surface area (Å²) < 4.78 is 4.93. The number of anilines is 1. The summed E-state index contributed by atoms with van der Waals surface area (Å²) in [6.45, 7) is 3.91. The first-order chi connectivity index (χ1) is 9.47. The van der Waals surface area contributed by atoms with Crippen LogP contribution in [0.3, 0.4) is 0 Å². The zero-order valence-electron chi connectivity index (χ0n) is 11.8. The fourth-order valence-corrected chi connectivity index (χ4v) is 1.79. The van der Waals surface area contributed by atoms with E-state index in [0.717, 1.165) is 0 Å². The number of carboxylic acid groups (broad SMARTS) is 1. The highest BCUT2D eigenvalue weighted by molar-refractivity contribution is 5.89. The highest BCUT2D eigenvalue weighted by Crippen LogP contribution is 2.13. The molecule has 2 N–H and O–H groups in total. The molecule has 0 aromatic carbocycles. The molecule has 1 rings (SSSR count). The molecule has 0 saturated carbocycles. The molecule has 1 atom stereocenters. The number of nitrogens with one attached hydrogen (secondary N) is 1. The zero-order chi connectivity index (χ0) is 15.1. The van der Waals surface area contributed by atoms with Crippen LogP contribution in [0.15, 0.2) is 18.3 Å². The van der Waals surface area contributed by atoms with E-state index in [-0.39, 0.29) is 18.5 Å². The molecule has 20 heavy (non-hydrogen) atoms. The van der Waals surface area contributed by atoms with Gasteiger partial charge in [-0.1, -0.05) is 0 Å². The van der Waals surface area contributed by atoms with Crippen LogP contribution in [0.2, 0.25) is 0 Å². The van der Waals surface area contributed by atoms with Gasteiger partial charge >= 0.3 is 12.0 Å². The number of rotatable bonds is 6. The van der Waals surface area contributed by atoms with Gasteiger partial charge in [0.1, 0.15) is 0 Å². The number of aromatic nitrogens is 1. The van der Waals surface area contributed by atoms with Crippen LogP contribution in [-0.2, 0) is 4.79 Å². The van der Waals surface area contributed by atoms with Crippen molar-refractivity contribution in [2.24, 2.45) is 0 Å². The molecular formula is C13H19N3O4. The van der Waals surface area contributed by atoms with E-state index in [1.165, 1.54) is 18.2 Å². The van der Waals surface area contributed by atoms with Crippen LogP contribution in [-0.4, -0.2) is 46.7 Å². The van der Waals surface area contributed by atoms with Crippen molar-refractivity contribution in [3.05, 3.63) is 18.3 Å². The Labute approximate surface area is 117 Å². The average molecular weight is 281 g/mol. The van der Waals surface area contributed by atoms with Crippen LogP contribution in [0, 0.1) is 0 Å². The van der Waals surface area contributed by atoms with E-state index >= 15 is 0 Å². The summed E-state index contributed by atoms with van der Waals surface area (Å²) in [5, 5.41) is 11.4. The van der Waals surface area contributed by atoms with Crippen LogP contribution in [0.5, 0.6) is 5.88 Å². The number of amides is 2. The summed E-state index contributed by atoms with van der Waals surface area (Å²) in [6.07, 6.45) is 1.38. The Kier molecular flexibility index (Phi) is 5.76. The molecule has 0 spiro atoms. The molecule has 110 valence electrons. The number of carboxylic acids is 1. The van der Waals surface area contributed by atoms with Crippen molar-refractivity contribution in [3.8, 4) is 5.88 Å². The quantitative estimate of drug-likeness (QED) is 0.829. The molecule has 7 heteroatoms. The molecule has 2 amide bonds. The van der Waals surface area contributed by atoms with Crippen molar-refractivity contribution >= 4 is 17.7 Å². The van der Waals surface area contributed by atoms with Crippen molar-refractivity contribution in [3.63, 3.8) is 0 Å². The minimum atomic E-state index is -0.935. The van der Waals surface area contributed by atoms with Crippen LogP contribution < -0.4 is 10.1 Å². The molecule has 1 unspecified atom stereocenters. The summed E-state index contributed by atoms with van der Waals surface area (Å²) in [5.74, 6) is -0.482. The van der Waals surface area contributed by atoms with Crippen molar-refractivity contribution in [1.82, 2.24) is 9.88 Å². The summed E-state index contributed by atoms with van der Waals surface area (Å²) in [6, 6.07) is 2.56. The van der Waals surface area contributed by atoms with E-state index in [1.807, 2.05) is 0 Å². The Bertz CT molecular complexity index is 461. The Morgan fingerprint density at radius 3 is 2.65 bits per heavy atom. The second-order valence-electron chi connectivity index (χ2n) is 4.25. The van der Waals surface area contributed by atoms with Gasteiger partial charge in [-0.05, 0) is 19.9 Å². The molecule has 0 aliphatic heterocycles. The molecule has 1 aromatic rings. The predicted octanol–water partition coefficient (Wildman–Crippen LogP) is 1.81. The van der Waals surface area contributed by atoms with Crippen LogP contribution >= 0.6 is 0 Å². The van der Waals surface area contributed by atoms with Crippen LogP contribution in [0.1, 0.15) is 20.3 Å². The van der Waals surface area contributed by atoms with Crippen LogP contribution in [0.4, 0.5) is 10.5 Å². The maximum Gasteiger partial charge on any atom is 0.322 e. The lowest BCUT2D eigenvalue weighted by Crippen LogP contribution is -2.42. The molecule has 0 aliphatic carbocycles. The van der Waals surface area contributed by atoms with Crippen molar-refractivity contribution in [2.45, 2.75) is 26.3 Å². The number of aliphatic carboxylic acids is 1. The van der Waals surface area contributed by atoms with Crippen LogP contribution in [0.25, 0.3) is 0 Å². The predicted molar refractivity (Wildman–Crippen MR) is 73.9 cm³/mol. The maximum atomic E-state index is 12.1. The molecule has 0 bridgehead atoms. The van der Waals surface area contributed by atoms with Gasteiger partial charge in [-0.15, -0.1) is 0 Å². The van der Waals surface area contributed by atoms with Crippen molar-refractivity contribution in [2.75, 3.05) is 19.0 Å². The topological polar surface area (TPSA) is 91.8 Å². The minimum Gasteiger partial charge on any atom is -0.481 e. The average Bonchev–Trinajstić information content (AvgIpc) is 2.39. The summed E-state index contributed by atoms with van der Waals surface area (Å²) in [5.41, 5.74) is 0.525. The standard InChI is InChI=1S/C13H19N3O4/c1-4-16(9(2)7-12(17)18)13(19)15-10-5-6-11(20-3)14-8-10/h5-6,8-9H,4,7H2,1-3H3,(H,15,19)(H,17,18). The second-order valence-corrected chi connectivity index (χ2v) is 4.25. The van der Waals surface area contributed by atoms with Gasteiger partial charge in [0, 0.05) is 18.7 Å². The number of carbonyl (C=O) groups is 2. The number of carbonyl (C=O) groups excluding carboxylic acids is 1. The van der Waals surface area contributed by atoms with Gasteiger partial charge in [-0.2, -0.15) is 0 Å². The van der Waals surface area contributed by atoms with Gasteiger partial charge in [0.05, 0.1) is 25.4 Å². The molecule has 0 saturated heterocycles. The van der Waals surface area contributed by atoms with Crippen molar-refractivity contribution < 1.29 is 19.4 Å². The van der Waals surface area contributed by atoms with Gasteiger partial charge in [-0.25, -0.2) is 9.78 Å². The molecule has 0 aliphatic rings. The fourth-order valence-electron chi connectivity index (χ4n) is 1.79. The summed E-state index contributed by atoms with van der Waals surface area (Å²) in [7, 11) is 1.51. The monoisotopic (exact) mass is 281 g/mol. The van der Waals surface area contributed by atoms with E-state index in [2.05, 4.69) is 10.3 Å². The molecule has 0 fully saturated rings. The van der Waals surface area contributed by atoms with E-state index in [0.29, 0.717) is 18.1 Å². The first kappa shape index (κ1) is 15.7. The van der Waals surface area contributed by atoms with E-state index < -0.39 is 5.97 Å². The molecule has 1 heterocycles. The van der Waals surface area contributed by atoms with E-state index in [9.17, 15) is 9.59 Å². The summed E-state index contributed by atoms with van der Waals surface area (Å²) in [4.78, 5) is 28.2. The molecule has 7 nitrogen and oxygen atoms in total. The largest absolute Gasteiger partial charge is 0.481 e. The first-order valence-corrected chi connectivity index (χ1v) is 6.27. The molecule has 0 radical (unpaired) electrons. The van der Waals surface area contributed by atoms with Gasteiger partial charge in [0.15, 0.2) is 0 Å². The van der Waals surface area contributed by atoms with Crippen molar-refractivity contribution in [1.29, 1.82) is 0 Å². The zero-order valence-corrected chi connectivity index (χ0v) is 11.8. The highest BCUT2D eigenvalue weighted by atomic mass is 16.5. The van der Waals surface area contributed by atoms with Gasteiger partial charge in [-0.3, -0.25) is 4.79 Å². The third kappa shape index (κ3) is 4.42. The third-order valence-corrected chi connectivity index (χ3v) is 2.80. The lowest BCUT2D eigenvalue weighted by atomic mass is 10.2. The Balaban J connectivity index is 2.68. The number of ether oxygens (including phenoxy) is 1. The number of hydrogen-bond acceptors (Lipinski definition) is 4. The third-order valence-electron chi connectivity index (χ3n) is 2.80. The van der Waals surface area contributed by atoms with Gasteiger partial charge in [0.2, 0.25) is 5.88 Å². The van der Waals surface area contributed by atoms with E-state index in [4.69, 9.17) is 9.84 Å². The number of pyridine rings is 1. The van der Waals surface area contributed by atoms with Gasteiger partial charge in [0.25, 0.3) is 0 Å². The van der Waals surface area contributed by atoms with Gasteiger partial charge < -0.3 is 20.1 Å². The molecule has 1 aromatic heterocycles. The van der Waals surface area contributed by atoms with E-state index in [1.54, 1.807) is 26.0 Å². The Hall–Kier alpha value is -2.31. The smallest absolute Gasteiger partial charge is 0.322 e. The Morgan fingerprint density at radius 1 is 1.50 bits per heavy atom. The SMILES string of the molecule is CCN(C(=O)Nc1ccc(OC)nc1)C(C)CC(=O)O. The molecular weight excluding hydrogens is 262 g/mol. The highest BCUT2D eigenvalue weighted by Gasteiger charge is 2.20. The normalized spacial score (nSPS) is 11.6. The second kappa shape index (κ2) is 7.32. The Morgan fingerprint density at radius 2 is 2.20 bits per heavy atom. The summed E-state index contributed by atoms with van der Waals surface area (Å²) >= 11 is 0. The number of urea groups is 1. The maximum absolute atomic E-state index is 12.1. The fraction of sp³-hybridized carbons (Fsp3) is 0.462.